The standard InChI is InChI=1S/C14H22O4/c1-8(2)6-11(17-13(15)9(3)4)12-7-10(5)14(16)18-12/h8,10-12H,3,6-7H2,1-2,4-5H3. The summed E-state index contributed by atoms with van der Waals surface area (Å²) in [4.78, 5) is 23.0. The van der Waals surface area contributed by atoms with E-state index < -0.39 is 5.97 Å². The first-order valence-corrected chi connectivity index (χ1v) is 6.38. The van der Waals surface area contributed by atoms with Crippen molar-refractivity contribution in [2.75, 3.05) is 0 Å². The van der Waals surface area contributed by atoms with Crippen LogP contribution in [0.1, 0.15) is 40.5 Å². The Kier molecular flexibility index (Phi) is 4.93. The van der Waals surface area contributed by atoms with Crippen molar-refractivity contribution >= 4 is 11.9 Å². The topological polar surface area (TPSA) is 52.6 Å². The number of rotatable bonds is 5. The molecule has 1 rings (SSSR count). The quantitative estimate of drug-likeness (QED) is 0.558. The summed E-state index contributed by atoms with van der Waals surface area (Å²) in [6, 6.07) is 0. The van der Waals surface area contributed by atoms with Crippen molar-refractivity contribution < 1.29 is 19.1 Å². The van der Waals surface area contributed by atoms with Gasteiger partial charge in [0, 0.05) is 12.0 Å². The average Bonchev–Trinajstić information content (AvgIpc) is 2.57. The van der Waals surface area contributed by atoms with Crippen LogP contribution in [0.25, 0.3) is 0 Å². The van der Waals surface area contributed by atoms with E-state index in [0.717, 1.165) is 0 Å². The molecule has 0 aromatic heterocycles. The molecule has 0 N–H and O–H groups in total. The summed E-state index contributed by atoms with van der Waals surface area (Å²) in [5.74, 6) is -0.382. The van der Waals surface area contributed by atoms with Crippen LogP contribution in [-0.4, -0.2) is 24.1 Å². The highest BCUT2D eigenvalue weighted by Gasteiger charge is 2.38. The maximum absolute atomic E-state index is 11.6. The molecule has 0 radical (unpaired) electrons. The predicted molar refractivity (Wildman–Crippen MR) is 67.8 cm³/mol. The molecular formula is C14H22O4. The molecule has 0 spiro atoms. The molecule has 0 saturated carbocycles. The zero-order chi connectivity index (χ0) is 13.9. The Hall–Kier alpha value is -1.32. The van der Waals surface area contributed by atoms with Gasteiger partial charge < -0.3 is 9.47 Å². The van der Waals surface area contributed by atoms with Crippen LogP contribution in [0.2, 0.25) is 0 Å². The van der Waals surface area contributed by atoms with Crippen LogP contribution in [-0.2, 0) is 19.1 Å². The third-order valence-electron chi connectivity index (χ3n) is 2.98. The lowest BCUT2D eigenvalue weighted by Crippen LogP contribution is -2.32. The minimum absolute atomic E-state index is 0.117. The Morgan fingerprint density at radius 3 is 2.56 bits per heavy atom. The smallest absolute Gasteiger partial charge is 0.333 e. The van der Waals surface area contributed by atoms with Crippen molar-refractivity contribution in [2.24, 2.45) is 11.8 Å². The summed E-state index contributed by atoms with van der Waals surface area (Å²) < 4.78 is 10.7. The molecular weight excluding hydrogens is 232 g/mol. The van der Waals surface area contributed by atoms with Gasteiger partial charge in [-0.2, -0.15) is 0 Å². The van der Waals surface area contributed by atoms with Crippen LogP contribution < -0.4 is 0 Å². The van der Waals surface area contributed by atoms with E-state index in [1.807, 2.05) is 20.8 Å². The highest BCUT2D eigenvalue weighted by molar-refractivity contribution is 5.87. The fraction of sp³-hybridized carbons (Fsp3) is 0.714. The number of ether oxygens (including phenoxy) is 2. The summed E-state index contributed by atoms with van der Waals surface area (Å²) in [6.07, 6.45) is 0.602. The van der Waals surface area contributed by atoms with Gasteiger partial charge >= 0.3 is 11.9 Å². The zero-order valence-corrected chi connectivity index (χ0v) is 11.6. The van der Waals surface area contributed by atoms with Crippen molar-refractivity contribution in [3.63, 3.8) is 0 Å². The molecule has 3 atom stereocenters. The van der Waals surface area contributed by atoms with Gasteiger partial charge in [-0.3, -0.25) is 4.79 Å². The van der Waals surface area contributed by atoms with Crippen LogP contribution in [0.3, 0.4) is 0 Å². The average molecular weight is 254 g/mol. The number of esters is 2. The second-order valence-corrected chi connectivity index (χ2v) is 5.47. The summed E-state index contributed by atoms with van der Waals surface area (Å²) in [6.45, 7) is 11.1. The molecule has 4 heteroatoms. The predicted octanol–water partition coefficient (Wildman–Crippen LogP) is 2.47. The Morgan fingerprint density at radius 2 is 2.17 bits per heavy atom. The minimum Gasteiger partial charge on any atom is -0.458 e. The Labute approximate surface area is 108 Å². The molecule has 1 aliphatic rings. The largest absolute Gasteiger partial charge is 0.458 e. The first kappa shape index (κ1) is 14.7. The number of carbonyl (C=O) groups is 2. The molecule has 4 nitrogen and oxygen atoms in total. The van der Waals surface area contributed by atoms with Gasteiger partial charge in [-0.1, -0.05) is 27.4 Å². The fourth-order valence-corrected chi connectivity index (χ4v) is 1.96. The number of cyclic esters (lactones) is 1. The molecule has 3 unspecified atom stereocenters. The maximum atomic E-state index is 11.6. The molecule has 0 aliphatic carbocycles. The third-order valence-corrected chi connectivity index (χ3v) is 2.98. The fourth-order valence-electron chi connectivity index (χ4n) is 1.96. The SMILES string of the molecule is C=C(C)C(=O)OC(CC(C)C)C1CC(C)C(=O)O1. The van der Waals surface area contributed by atoms with Gasteiger partial charge in [0.05, 0.1) is 5.92 Å². The van der Waals surface area contributed by atoms with Crippen LogP contribution in [0, 0.1) is 11.8 Å². The number of hydrogen-bond acceptors (Lipinski definition) is 4. The molecule has 0 bridgehead atoms. The molecule has 1 heterocycles. The van der Waals surface area contributed by atoms with Crippen molar-refractivity contribution in [1.29, 1.82) is 0 Å². The van der Waals surface area contributed by atoms with E-state index >= 15 is 0 Å². The molecule has 0 amide bonds. The van der Waals surface area contributed by atoms with Crippen molar-refractivity contribution in [2.45, 2.75) is 52.7 Å². The van der Waals surface area contributed by atoms with E-state index in [-0.39, 0.29) is 24.1 Å². The van der Waals surface area contributed by atoms with Gasteiger partial charge in [0.1, 0.15) is 12.2 Å². The van der Waals surface area contributed by atoms with Crippen LogP contribution in [0.4, 0.5) is 0 Å². The second-order valence-electron chi connectivity index (χ2n) is 5.47. The van der Waals surface area contributed by atoms with Crippen LogP contribution in [0.5, 0.6) is 0 Å². The highest BCUT2D eigenvalue weighted by atomic mass is 16.6. The van der Waals surface area contributed by atoms with Gasteiger partial charge in [0.2, 0.25) is 0 Å². The Bertz CT molecular complexity index is 346. The van der Waals surface area contributed by atoms with Gasteiger partial charge in [-0.05, 0) is 19.3 Å². The lowest BCUT2D eigenvalue weighted by Gasteiger charge is -2.24. The van der Waals surface area contributed by atoms with Gasteiger partial charge in [0.25, 0.3) is 0 Å². The van der Waals surface area contributed by atoms with Gasteiger partial charge in [-0.25, -0.2) is 4.79 Å². The van der Waals surface area contributed by atoms with Crippen LogP contribution in [0.15, 0.2) is 12.2 Å². The third kappa shape index (κ3) is 3.86. The normalized spacial score (nSPS) is 24.8. The van der Waals surface area contributed by atoms with E-state index in [4.69, 9.17) is 9.47 Å². The number of carbonyl (C=O) groups excluding carboxylic acids is 2. The van der Waals surface area contributed by atoms with E-state index in [1.54, 1.807) is 6.92 Å². The monoisotopic (exact) mass is 254 g/mol. The van der Waals surface area contributed by atoms with E-state index in [9.17, 15) is 9.59 Å². The maximum Gasteiger partial charge on any atom is 0.333 e. The minimum atomic E-state index is -0.420. The van der Waals surface area contributed by atoms with Gasteiger partial charge in [0.15, 0.2) is 0 Å². The summed E-state index contributed by atoms with van der Waals surface area (Å²) >= 11 is 0. The molecule has 0 aromatic carbocycles. The Morgan fingerprint density at radius 1 is 1.56 bits per heavy atom. The summed E-state index contributed by atoms with van der Waals surface area (Å²) in [7, 11) is 0. The molecule has 18 heavy (non-hydrogen) atoms. The lowest BCUT2D eigenvalue weighted by atomic mass is 9.97. The summed E-state index contributed by atoms with van der Waals surface area (Å²) in [5, 5.41) is 0. The van der Waals surface area contributed by atoms with Gasteiger partial charge in [-0.15, -0.1) is 0 Å². The Balaban J connectivity index is 2.69. The zero-order valence-electron chi connectivity index (χ0n) is 11.6. The molecule has 102 valence electrons. The van der Waals surface area contributed by atoms with Crippen LogP contribution >= 0.6 is 0 Å². The summed E-state index contributed by atoms with van der Waals surface area (Å²) in [5.41, 5.74) is 0.362. The molecule has 0 aromatic rings. The lowest BCUT2D eigenvalue weighted by molar-refractivity contribution is -0.160. The molecule has 1 saturated heterocycles. The number of hydrogen-bond donors (Lipinski definition) is 0. The van der Waals surface area contributed by atoms with Crippen molar-refractivity contribution in [3.8, 4) is 0 Å². The highest BCUT2D eigenvalue weighted by Crippen LogP contribution is 2.27. The first-order chi connectivity index (χ1) is 8.31. The second kappa shape index (κ2) is 6.03. The molecule has 1 aliphatic heterocycles. The van der Waals surface area contributed by atoms with E-state index in [0.29, 0.717) is 24.3 Å². The van der Waals surface area contributed by atoms with Crippen molar-refractivity contribution in [1.82, 2.24) is 0 Å². The first-order valence-electron chi connectivity index (χ1n) is 6.38. The van der Waals surface area contributed by atoms with Crippen molar-refractivity contribution in [3.05, 3.63) is 12.2 Å². The van der Waals surface area contributed by atoms with E-state index in [2.05, 4.69) is 6.58 Å². The van der Waals surface area contributed by atoms with E-state index in [1.165, 1.54) is 0 Å². The molecule has 1 fully saturated rings.